The molecule has 0 bridgehead atoms. The SMILES string of the molecule is [2H]c1c([2H])c([2H])c2c([2H])c(-c3ccc(Nc4ccc(-c5ccccc5)cc4)cc3)c([2H])c([2H])c2c1[2H]. The fourth-order valence-electron chi connectivity index (χ4n) is 3.19. The van der Waals surface area contributed by atoms with E-state index < -0.39 is 18.1 Å². The van der Waals surface area contributed by atoms with E-state index in [9.17, 15) is 0 Å². The third-order valence-electron chi connectivity index (χ3n) is 4.70. The van der Waals surface area contributed by atoms with Gasteiger partial charge in [0.05, 0.1) is 9.60 Å². The maximum atomic E-state index is 8.68. The molecule has 0 amide bonds. The maximum absolute atomic E-state index is 8.68. The highest BCUT2D eigenvalue weighted by atomic mass is 14.9. The summed E-state index contributed by atoms with van der Waals surface area (Å²) in [7, 11) is 0. The van der Waals surface area contributed by atoms with Crippen LogP contribution in [0, 0.1) is 0 Å². The van der Waals surface area contributed by atoms with Crippen molar-refractivity contribution in [3.63, 3.8) is 0 Å². The van der Waals surface area contributed by atoms with Crippen molar-refractivity contribution in [2.75, 3.05) is 5.32 Å². The highest BCUT2D eigenvalue weighted by Gasteiger charge is 2.02. The van der Waals surface area contributed by atoms with E-state index in [0.29, 0.717) is 5.56 Å². The molecule has 1 N–H and O–H groups in total. The lowest BCUT2D eigenvalue weighted by Gasteiger charge is -2.09. The lowest BCUT2D eigenvalue weighted by atomic mass is 10.0. The van der Waals surface area contributed by atoms with Crippen molar-refractivity contribution in [2.24, 2.45) is 0 Å². The largest absolute Gasteiger partial charge is 0.356 e. The van der Waals surface area contributed by atoms with Gasteiger partial charge in [0.15, 0.2) is 0 Å². The van der Waals surface area contributed by atoms with E-state index in [1.54, 1.807) is 12.1 Å². The Bertz CT molecular complexity index is 1600. The monoisotopic (exact) mass is 378 g/mol. The van der Waals surface area contributed by atoms with Crippen LogP contribution in [0.15, 0.2) is 121 Å². The smallest absolute Gasteiger partial charge is 0.0636 e. The molecule has 0 heterocycles. The van der Waals surface area contributed by atoms with Gasteiger partial charge in [-0.3, -0.25) is 0 Å². The van der Waals surface area contributed by atoms with Gasteiger partial charge >= 0.3 is 0 Å². The van der Waals surface area contributed by atoms with Gasteiger partial charge in [0.25, 0.3) is 0 Å². The van der Waals surface area contributed by atoms with Crippen LogP contribution in [0.25, 0.3) is 33.0 Å². The summed E-state index contributed by atoms with van der Waals surface area (Å²) in [6, 6.07) is 22.8. The van der Waals surface area contributed by atoms with Crippen LogP contribution in [0.5, 0.6) is 0 Å². The minimum absolute atomic E-state index is 0.0438. The van der Waals surface area contributed by atoms with Gasteiger partial charge in [0.1, 0.15) is 0 Å². The minimum Gasteiger partial charge on any atom is -0.356 e. The third kappa shape index (κ3) is 3.76. The molecule has 1 nitrogen and oxygen atoms in total. The first kappa shape index (κ1) is 11.2. The Morgan fingerprint density at radius 1 is 0.483 bits per heavy atom. The Balaban J connectivity index is 1.49. The molecule has 0 radical (unpaired) electrons. The van der Waals surface area contributed by atoms with E-state index in [4.69, 9.17) is 9.60 Å². The molecular formula is C28H21N. The number of benzene rings is 5. The highest BCUT2D eigenvalue weighted by molar-refractivity contribution is 5.87. The summed E-state index contributed by atoms with van der Waals surface area (Å²) in [6.07, 6.45) is 0. The number of hydrogen-bond acceptors (Lipinski definition) is 1. The first-order valence-corrected chi connectivity index (χ1v) is 9.30. The Kier molecular flexibility index (Phi) is 2.96. The van der Waals surface area contributed by atoms with Gasteiger partial charge in [-0.2, -0.15) is 0 Å². The second-order valence-corrected chi connectivity index (χ2v) is 6.65. The van der Waals surface area contributed by atoms with Crippen molar-refractivity contribution in [2.45, 2.75) is 0 Å². The van der Waals surface area contributed by atoms with Crippen molar-refractivity contribution in [3.05, 3.63) is 121 Å². The number of fused-ring (bicyclic) bond motifs is 1. The van der Waals surface area contributed by atoms with E-state index in [2.05, 4.69) is 17.4 Å². The molecule has 29 heavy (non-hydrogen) atoms. The molecular weight excluding hydrogens is 350 g/mol. The molecule has 0 saturated heterocycles. The van der Waals surface area contributed by atoms with Crippen LogP contribution < -0.4 is 5.32 Å². The summed E-state index contributed by atoms with van der Waals surface area (Å²) in [5, 5.41) is 3.19. The molecule has 138 valence electrons. The molecule has 0 unspecified atom stereocenters. The Morgan fingerprint density at radius 2 is 1.03 bits per heavy atom. The average molecular weight is 379 g/mol. The van der Waals surface area contributed by atoms with Gasteiger partial charge in [0, 0.05) is 11.4 Å². The lowest BCUT2D eigenvalue weighted by molar-refractivity contribution is 1.54. The first-order chi connectivity index (χ1) is 17.3. The Labute approximate surface area is 181 Å². The molecule has 1 heteroatoms. The lowest BCUT2D eigenvalue weighted by Crippen LogP contribution is -1.90. The second-order valence-electron chi connectivity index (χ2n) is 6.65. The quantitative estimate of drug-likeness (QED) is 0.335. The van der Waals surface area contributed by atoms with Crippen molar-refractivity contribution >= 4 is 22.1 Å². The summed E-state index contributed by atoms with van der Waals surface area (Å²) >= 11 is 0. The van der Waals surface area contributed by atoms with Gasteiger partial charge in [-0.15, -0.1) is 0 Å². The van der Waals surface area contributed by atoms with Gasteiger partial charge in [-0.25, -0.2) is 0 Å². The molecule has 0 aliphatic heterocycles. The zero-order valence-corrected chi connectivity index (χ0v) is 15.5. The zero-order chi connectivity index (χ0) is 25.6. The number of hydrogen-bond donors (Lipinski definition) is 1. The van der Waals surface area contributed by atoms with Gasteiger partial charge < -0.3 is 5.32 Å². The number of anilines is 2. The molecule has 0 atom stereocenters. The summed E-state index contributed by atoms with van der Waals surface area (Å²) in [6.45, 7) is 0. The van der Waals surface area contributed by atoms with E-state index in [-0.39, 0.29) is 40.5 Å². The highest BCUT2D eigenvalue weighted by Crippen LogP contribution is 2.27. The minimum atomic E-state index is -0.472. The molecule has 0 fully saturated rings. The van der Waals surface area contributed by atoms with E-state index >= 15 is 0 Å². The van der Waals surface area contributed by atoms with Crippen molar-refractivity contribution in [1.29, 1.82) is 0 Å². The fraction of sp³-hybridized carbons (Fsp3) is 0. The predicted molar refractivity (Wildman–Crippen MR) is 125 cm³/mol. The van der Waals surface area contributed by atoms with Crippen LogP contribution in [0.2, 0.25) is 0 Å². The predicted octanol–water partition coefficient (Wildman–Crippen LogP) is 7.92. The molecule has 0 aliphatic rings. The molecule has 5 aromatic carbocycles. The third-order valence-corrected chi connectivity index (χ3v) is 4.70. The molecule has 0 aromatic heterocycles. The summed E-state index contributed by atoms with van der Waals surface area (Å²) < 4.78 is 57.8. The van der Waals surface area contributed by atoms with Crippen LogP contribution in [0.1, 0.15) is 9.60 Å². The van der Waals surface area contributed by atoms with Crippen molar-refractivity contribution in [3.8, 4) is 22.3 Å². The zero-order valence-electron chi connectivity index (χ0n) is 22.5. The molecule has 0 aliphatic carbocycles. The van der Waals surface area contributed by atoms with Crippen LogP contribution in [0.3, 0.4) is 0 Å². The summed E-state index contributed by atoms with van der Waals surface area (Å²) in [4.78, 5) is 0. The van der Waals surface area contributed by atoms with Crippen LogP contribution in [-0.2, 0) is 0 Å². The number of nitrogens with one attached hydrogen (secondary N) is 1. The summed E-state index contributed by atoms with van der Waals surface area (Å²) in [5.41, 5.74) is 4.65. The van der Waals surface area contributed by atoms with Crippen LogP contribution >= 0.6 is 0 Å². The molecule has 5 rings (SSSR count). The van der Waals surface area contributed by atoms with Crippen LogP contribution in [0.4, 0.5) is 11.4 Å². The fourth-order valence-corrected chi connectivity index (χ4v) is 3.19. The molecule has 5 aromatic rings. The first-order valence-electron chi connectivity index (χ1n) is 12.8. The molecule has 0 spiro atoms. The topological polar surface area (TPSA) is 12.0 Å². The summed E-state index contributed by atoms with van der Waals surface area (Å²) in [5.74, 6) is 0. The Morgan fingerprint density at radius 3 is 1.69 bits per heavy atom. The van der Waals surface area contributed by atoms with E-state index in [1.807, 2.05) is 54.6 Å². The normalized spacial score (nSPS) is 14.1. The van der Waals surface area contributed by atoms with E-state index in [0.717, 1.165) is 22.5 Å². The van der Waals surface area contributed by atoms with Gasteiger partial charge in [0.2, 0.25) is 0 Å². The Hall–Kier alpha value is -3.84. The molecule has 0 saturated carbocycles. The van der Waals surface area contributed by atoms with Crippen LogP contribution in [-0.4, -0.2) is 0 Å². The average Bonchev–Trinajstić information content (AvgIpc) is 2.90. The second kappa shape index (κ2) is 7.65. The number of rotatable bonds is 4. The van der Waals surface area contributed by atoms with Crippen molar-refractivity contribution in [1.82, 2.24) is 0 Å². The standard InChI is InChI=1S/C28H21N/c1-2-6-21(7-3-1)23-12-16-27(17-13-23)29-28-18-14-24(15-19-28)26-11-10-22-8-4-5-9-25(22)20-26/h1-20,29H/i4D,5D,8D,9D,10D,11D,20D. The van der Waals surface area contributed by atoms with E-state index in [1.165, 1.54) is 0 Å². The van der Waals surface area contributed by atoms with Crippen molar-refractivity contribution < 1.29 is 9.60 Å². The van der Waals surface area contributed by atoms with Gasteiger partial charge in [-0.05, 0) is 63.3 Å². The maximum Gasteiger partial charge on any atom is 0.0636 e. The van der Waals surface area contributed by atoms with Gasteiger partial charge in [-0.1, -0.05) is 90.9 Å².